The molecule has 2 atom stereocenters. The van der Waals surface area contributed by atoms with E-state index in [1.165, 1.54) is 0 Å². The van der Waals surface area contributed by atoms with Crippen molar-refractivity contribution in [2.45, 2.75) is 25.4 Å². The Bertz CT molecular complexity index is 375. The molecule has 1 fully saturated rings. The monoisotopic (exact) mass is 218 g/mol. The summed E-state index contributed by atoms with van der Waals surface area (Å²) in [7, 11) is 3.92. The van der Waals surface area contributed by atoms with Gasteiger partial charge in [-0.15, -0.1) is 0 Å². The molecule has 1 aliphatic heterocycles. The van der Waals surface area contributed by atoms with Crippen LogP contribution in [0.25, 0.3) is 0 Å². The van der Waals surface area contributed by atoms with Gasteiger partial charge in [-0.3, -0.25) is 9.69 Å². The van der Waals surface area contributed by atoms with Gasteiger partial charge >= 0.3 is 0 Å². The van der Waals surface area contributed by atoms with Crippen LogP contribution in [-0.4, -0.2) is 37.0 Å². The quantitative estimate of drug-likeness (QED) is 0.755. The molecule has 1 aromatic rings. The van der Waals surface area contributed by atoms with Crippen LogP contribution in [0.4, 0.5) is 5.69 Å². The van der Waals surface area contributed by atoms with Crippen molar-refractivity contribution >= 4 is 11.6 Å². The number of hydrogen-bond acceptors (Lipinski definition) is 2. The van der Waals surface area contributed by atoms with E-state index in [1.54, 1.807) is 0 Å². The predicted molar refractivity (Wildman–Crippen MR) is 65.5 cm³/mol. The Morgan fingerprint density at radius 3 is 2.38 bits per heavy atom. The normalized spacial score (nSPS) is 25.5. The van der Waals surface area contributed by atoms with E-state index in [-0.39, 0.29) is 18.0 Å². The van der Waals surface area contributed by atoms with E-state index in [0.717, 1.165) is 12.1 Å². The number of carbonyl (C=O) groups is 1. The molecule has 0 saturated carbocycles. The fraction of sp³-hybridized carbons (Fsp3) is 0.462. The van der Waals surface area contributed by atoms with Gasteiger partial charge in [0.15, 0.2) is 0 Å². The van der Waals surface area contributed by atoms with Crippen LogP contribution in [0.3, 0.4) is 0 Å². The molecule has 1 aliphatic rings. The van der Waals surface area contributed by atoms with Gasteiger partial charge in [0.05, 0.1) is 6.04 Å². The molecule has 0 bridgehead atoms. The van der Waals surface area contributed by atoms with Gasteiger partial charge in [0.1, 0.15) is 0 Å². The maximum absolute atomic E-state index is 12.2. The molecule has 86 valence electrons. The number of benzene rings is 1. The summed E-state index contributed by atoms with van der Waals surface area (Å²) in [6.07, 6.45) is 0.903. The molecule has 3 nitrogen and oxygen atoms in total. The Morgan fingerprint density at radius 1 is 1.25 bits per heavy atom. The third-order valence-electron chi connectivity index (χ3n) is 3.19. The zero-order chi connectivity index (χ0) is 11.7. The Labute approximate surface area is 96.7 Å². The summed E-state index contributed by atoms with van der Waals surface area (Å²) < 4.78 is 0. The lowest BCUT2D eigenvalue weighted by Gasteiger charge is -2.22. The number of carbonyl (C=O) groups excluding carboxylic acids is 1. The first kappa shape index (κ1) is 11.1. The van der Waals surface area contributed by atoms with Crippen molar-refractivity contribution in [3.63, 3.8) is 0 Å². The summed E-state index contributed by atoms with van der Waals surface area (Å²) in [5, 5.41) is 0. The molecule has 0 N–H and O–H groups in total. The zero-order valence-electron chi connectivity index (χ0n) is 10.1. The van der Waals surface area contributed by atoms with Gasteiger partial charge in [0.2, 0.25) is 5.91 Å². The first-order valence-electron chi connectivity index (χ1n) is 5.66. The van der Waals surface area contributed by atoms with Crippen LogP contribution in [0.15, 0.2) is 30.3 Å². The summed E-state index contributed by atoms with van der Waals surface area (Å²) in [4.78, 5) is 16.2. The van der Waals surface area contributed by atoms with Crippen molar-refractivity contribution in [3.05, 3.63) is 30.3 Å². The van der Waals surface area contributed by atoms with E-state index in [2.05, 4.69) is 6.92 Å². The molecule has 1 aromatic carbocycles. The molecule has 2 rings (SSSR count). The van der Waals surface area contributed by atoms with Gasteiger partial charge in [-0.1, -0.05) is 18.2 Å². The number of likely N-dealkylation sites (N-methyl/N-ethyl adjacent to an activating group) is 1. The highest BCUT2D eigenvalue weighted by Crippen LogP contribution is 2.27. The average molecular weight is 218 g/mol. The Balaban J connectivity index is 2.27. The lowest BCUT2D eigenvalue weighted by atomic mass is 10.2. The minimum Gasteiger partial charge on any atom is -0.308 e. The SMILES string of the molecule is C[C@H]1C[C@H](N(C)C)C(=O)N1c1ccccc1. The molecule has 0 radical (unpaired) electrons. The molecule has 16 heavy (non-hydrogen) atoms. The summed E-state index contributed by atoms with van der Waals surface area (Å²) in [5.41, 5.74) is 1.00. The fourth-order valence-electron chi connectivity index (χ4n) is 2.31. The minimum absolute atomic E-state index is 0.0233. The lowest BCUT2D eigenvalue weighted by molar-refractivity contribution is -0.120. The first-order chi connectivity index (χ1) is 7.61. The Kier molecular flexibility index (Phi) is 2.97. The smallest absolute Gasteiger partial charge is 0.244 e. The van der Waals surface area contributed by atoms with Crippen molar-refractivity contribution in [1.82, 2.24) is 4.90 Å². The minimum atomic E-state index is 0.0233. The number of rotatable bonds is 2. The highest BCUT2D eigenvalue weighted by Gasteiger charge is 2.38. The van der Waals surface area contributed by atoms with E-state index in [9.17, 15) is 4.79 Å². The van der Waals surface area contributed by atoms with Crippen LogP contribution in [0.2, 0.25) is 0 Å². The van der Waals surface area contributed by atoms with E-state index in [0.29, 0.717) is 0 Å². The van der Waals surface area contributed by atoms with Crippen LogP contribution < -0.4 is 4.90 Å². The molecular weight excluding hydrogens is 200 g/mol. The molecule has 0 unspecified atom stereocenters. The van der Waals surface area contributed by atoms with Gasteiger partial charge < -0.3 is 4.90 Å². The molecule has 1 amide bonds. The van der Waals surface area contributed by atoms with Gasteiger partial charge in [0, 0.05) is 11.7 Å². The number of nitrogens with zero attached hydrogens (tertiary/aromatic N) is 2. The maximum atomic E-state index is 12.2. The molecule has 0 aromatic heterocycles. The standard InChI is InChI=1S/C13H18N2O/c1-10-9-12(14(2)3)13(16)15(10)11-7-5-4-6-8-11/h4-8,10,12H,9H2,1-3H3/t10-,12-/m0/s1. The molecule has 1 heterocycles. The second-order valence-corrected chi connectivity index (χ2v) is 4.61. The van der Waals surface area contributed by atoms with Crippen LogP contribution >= 0.6 is 0 Å². The van der Waals surface area contributed by atoms with E-state index >= 15 is 0 Å². The summed E-state index contributed by atoms with van der Waals surface area (Å²) in [6.45, 7) is 2.11. The largest absolute Gasteiger partial charge is 0.308 e. The zero-order valence-corrected chi connectivity index (χ0v) is 10.1. The van der Waals surface area contributed by atoms with Crippen LogP contribution in [0.1, 0.15) is 13.3 Å². The highest BCUT2D eigenvalue weighted by atomic mass is 16.2. The van der Waals surface area contributed by atoms with Crippen molar-refractivity contribution in [2.75, 3.05) is 19.0 Å². The number of hydrogen-bond donors (Lipinski definition) is 0. The lowest BCUT2D eigenvalue weighted by Crippen LogP contribution is -2.38. The molecule has 0 aliphatic carbocycles. The maximum Gasteiger partial charge on any atom is 0.244 e. The summed E-state index contributed by atoms with van der Waals surface area (Å²) in [5.74, 6) is 0.212. The van der Waals surface area contributed by atoms with Crippen molar-refractivity contribution in [2.24, 2.45) is 0 Å². The number of amides is 1. The van der Waals surface area contributed by atoms with Crippen LogP contribution in [-0.2, 0) is 4.79 Å². The second kappa shape index (κ2) is 4.26. The van der Waals surface area contributed by atoms with Crippen LogP contribution in [0, 0.1) is 0 Å². The highest BCUT2D eigenvalue weighted by molar-refractivity contribution is 6.00. The third-order valence-corrected chi connectivity index (χ3v) is 3.19. The van der Waals surface area contributed by atoms with Gasteiger partial charge in [-0.05, 0) is 39.6 Å². The predicted octanol–water partition coefficient (Wildman–Crippen LogP) is 1.74. The second-order valence-electron chi connectivity index (χ2n) is 4.61. The summed E-state index contributed by atoms with van der Waals surface area (Å²) >= 11 is 0. The van der Waals surface area contributed by atoms with E-state index in [1.807, 2.05) is 54.2 Å². The van der Waals surface area contributed by atoms with Gasteiger partial charge in [-0.25, -0.2) is 0 Å². The number of para-hydroxylation sites is 1. The Morgan fingerprint density at radius 2 is 1.88 bits per heavy atom. The van der Waals surface area contributed by atoms with Crippen molar-refractivity contribution in [3.8, 4) is 0 Å². The topological polar surface area (TPSA) is 23.6 Å². The van der Waals surface area contributed by atoms with E-state index < -0.39 is 0 Å². The molecular formula is C13H18N2O. The Hall–Kier alpha value is -1.35. The van der Waals surface area contributed by atoms with Gasteiger partial charge in [0.25, 0.3) is 0 Å². The number of anilines is 1. The summed E-state index contributed by atoms with van der Waals surface area (Å²) in [6, 6.07) is 10.2. The first-order valence-corrected chi connectivity index (χ1v) is 5.66. The third kappa shape index (κ3) is 1.83. The molecule has 3 heteroatoms. The average Bonchev–Trinajstić information content (AvgIpc) is 2.56. The van der Waals surface area contributed by atoms with E-state index in [4.69, 9.17) is 0 Å². The van der Waals surface area contributed by atoms with Crippen LogP contribution in [0.5, 0.6) is 0 Å². The molecule has 1 saturated heterocycles. The van der Waals surface area contributed by atoms with Gasteiger partial charge in [-0.2, -0.15) is 0 Å². The van der Waals surface area contributed by atoms with Crippen molar-refractivity contribution in [1.29, 1.82) is 0 Å². The fourth-order valence-corrected chi connectivity index (χ4v) is 2.31. The molecule has 0 spiro atoms. The van der Waals surface area contributed by atoms with Crippen molar-refractivity contribution < 1.29 is 4.79 Å².